The first-order valence-corrected chi connectivity index (χ1v) is 14.1. The Hall–Kier alpha value is -1.28. The SMILES string of the molecule is C=C/C(Cl)=C\CC1CC(CCC(O)O)CN1[S+]([O-])C(/C=C(\C=C)C1CCC(OCC)=CC1C)=C/C. The van der Waals surface area contributed by atoms with Crippen molar-refractivity contribution >= 4 is 23.0 Å². The average Bonchev–Trinajstić information content (AvgIpc) is 3.25. The van der Waals surface area contributed by atoms with Gasteiger partial charge in [0.2, 0.25) is 0 Å². The van der Waals surface area contributed by atoms with Crippen molar-refractivity contribution in [1.29, 1.82) is 0 Å². The molecule has 5 atom stereocenters. The molecule has 1 fully saturated rings. The molecule has 0 bridgehead atoms. The number of nitrogens with zero attached hydrogens (tertiary/aromatic N) is 1. The number of aliphatic hydroxyl groups is 2. The third-order valence-electron chi connectivity index (χ3n) is 6.85. The molecule has 0 aromatic heterocycles. The van der Waals surface area contributed by atoms with Crippen LogP contribution in [0.4, 0.5) is 0 Å². The molecule has 0 aromatic carbocycles. The zero-order valence-corrected chi connectivity index (χ0v) is 22.9. The fraction of sp³-hybridized carbons (Fsp3) is 0.571. The highest BCUT2D eigenvalue weighted by Gasteiger charge is 2.40. The first-order chi connectivity index (χ1) is 16.7. The molecule has 0 saturated carbocycles. The lowest BCUT2D eigenvalue weighted by Crippen LogP contribution is -2.36. The molecular formula is C28H42ClNO4S. The van der Waals surface area contributed by atoms with Gasteiger partial charge in [-0.25, -0.2) is 0 Å². The van der Waals surface area contributed by atoms with E-state index in [0.717, 1.165) is 35.5 Å². The second-order valence-electron chi connectivity index (χ2n) is 9.30. The Morgan fingerprint density at radius 3 is 2.69 bits per heavy atom. The van der Waals surface area contributed by atoms with Crippen LogP contribution in [0.2, 0.25) is 0 Å². The molecule has 0 radical (unpaired) electrons. The van der Waals surface area contributed by atoms with Crippen LogP contribution in [0.15, 0.2) is 70.9 Å². The summed E-state index contributed by atoms with van der Waals surface area (Å²) >= 11 is 4.80. The highest BCUT2D eigenvalue weighted by Crippen LogP contribution is 2.38. The fourth-order valence-electron chi connectivity index (χ4n) is 5.00. The van der Waals surface area contributed by atoms with Gasteiger partial charge in [0, 0.05) is 18.0 Å². The highest BCUT2D eigenvalue weighted by atomic mass is 35.5. The third kappa shape index (κ3) is 8.96. The number of halogens is 1. The Morgan fingerprint density at radius 2 is 2.11 bits per heavy atom. The van der Waals surface area contributed by atoms with Gasteiger partial charge < -0.3 is 19.5 Å². The predicted octanol–water partition coefficient (Wildman–Crippen LogP) is 6.11. The molecule has 1 aliphatic heterocycles. The summed E-state index contributed by atoms with van der Waals surface area (Å²) in [5, 5.41) is 19.2. The Balaban J connectivity index is 2.23. The highest BCUT2D eigenvalue weighted by molar-refractivity contribution is 7.93. The van der Waals surface area contributed by atoms with E-state index < -0.39 is 17.7 Å². The number of aliphatic hydroxyl groups excluding tert-OH is 1. The monoisotopic (exact) mass is 523 g/mol. The third-order valence-corrected chi connectivity index (χ3v) is 8.79. The number of hydrogen-bond acceptors (Lipinski definition) is 5. The molecular weight excluding hydrogens is 482 g/mol. The maximum absolute atomic E-state index is 13.8. The van der Waals surface area contributed by atoms with Gasteiger partial charge in [-0.15, -0.1) is 4.31 Å². The zero-order valence-electron chi connectivity index (χ0n) is 21.4. The van der Waals surface area contributed by atoms with Gasteiger partial charge >= 0.3 is 0 Å². The quantitative estimate of drug-likeness (QED) is 0.173. The number of rotatable bonds is 13. The second-order valence-corrected chi connectivity index (χ2v) is 11.2. The molecule has 0 spiro atoms. The molecule has 5 unspecified atom stereocenters. The normalized spacial score (nSPS) is 27.7. The predicted molar refractivity (Wildman–Crippen MR) is 147 cm³/mol. The summed E-state index contributed by atoms with van der Waals surface area (Å²) in [5.41, 5.74) is 1.09. The number of hydrogen-bond donors (Lipinski definition) is 2. The van der Waals surface area contributed by atoms with Gasteiger partial charge in [0.15, 0.2) is 11.2 Å². The van der Waals surface area contributed by atoms with Crippen molar-refractivity contribution in [1.82, 2.24) is 4.31 Å². The summed E-state index contributed by atoms with van der Waals surface area (Å²) in [6.07, 6.45) is 14.6. The van der Waals surface area contributed by atoms with E-state index in [-0.39, 0.29) is 12.0 Å². The molecule has 2 aliphatic rings. The molecule has 0 aromatic rings. The van der Waals surface area contributed by atoms with Crippen LogP contribution in [0.3, 0.4) is 0 Å². The zero-order chi connectivity index (χ0) is 26.0. The van der Waals surface area contributed by atoms with Crippen LogP contribution in [0.25, 0.3) is 0 Å². The van der Waals surface area contributed by atoms with E-state index >= 15 is 0 Å². The van der Waals surface area contributed by atoms with Crippen LogP contribution in [0, 0.1) is 17.8 Å². The first kappa shape index (κ1) is 29.9. The minimum Gasteiger partial charge on any atom is -0.593 e. The van der Waals surface area contributed by atoms with Gasteiger partial charge in [-0.1, -0.05) is 49.9 Å². The molecule has 5 nitrogen and oxygen atoms in total. The van der Waals surface area contributed by atoms with E-state index in [1.807, 2.05) is 42.5 Å². The summed E-state index contributed by atoms with van der Waals surface area (Å²) < 4.78 is 21.6. The molecule has 1 saturated heterocycles. The molecule has 196 valence electrons. The lowest BCUT2D eigenvalue weighted by molar-refractivity contribution is -0.0485. The molecule has 2 N–H and O–H groups in total. The van der Waals surface area contributed by atoms with E-state index in [1.165, 1.54) is 0 Å². The molecule has 2 rings (SSSR count). The molecule has 35 heavy (non-hydrogen) atoms. The van der Waals surface area contributed by atoms with Gasteiger partial charge in [0.25, 0.3) is 0 Å². The molecule has 1 aliphatic carbocycles. The summed E-state index contributed by atoms with van der Waals surface area (Å²) in [5.74, 6) is 1.90. The summed E-state index contributed by atoms with van der Waals surface area (Å²) in [6, 6.07) is 0.0474. The van der Waals surface area contributed by atoms with Crippen LogP contribution >= 0.6 is 11.6 Å². The van der Waals surface area contributed by atoms with Crippen molar-refractivity contribution in [2.75, 3.05) is 13.2 Å². The molecule has 0 amide bonds. The smallest absolute Gasteiger partial charge is 0.170 e. The van der Waals surface area contributed by atoms with E-state index in [2.05, 4.69) is 26.2 Å². The Kier molecular flexibility index (Phi) is 12.9. The summed E-state index contributed by atoms with van der Waals surface area (Å²) in [6.45, 7) is 15.2. The number of ether oxygens (including phenoxy) is 1. The van der Waals surface area contributed by atoms with Crippen LogP contribution in [0.1, 0.15) is 59.3 Å². The Labute approximate surface area is 219 Å². The Bertz CT molecular complexity index is 835. The van der Waals surface area contributed by atoms with Crippen molar-refractivity contribution in [3.05, 3.63) is 70.9 Å². The fourth-order valence-corrected chi connectivity index (χ4v) is 6.59. The van der Waals surface area contributed by atoms with Crippen molar-refractivity contribution in [2.45, 2.75) is 71.6 Å². The van der Waals surface area contributed by atoms with Gasteiger partial charge in [-0.2, -0.15) is 0 Å². The van der Waals surface area contributed by atoms with Crippen molar-refractivity contribution < 1.29 is 19.5 Å². The van der Waals surface area contributed by atoms with Gasteiger partial charge in [-0.05, 0) is 87.5 Å². The topological polar surface area (TPSA) is 76.0 Å². The maximum atomic E-state index is 13.8. The minimum absolute atomic E-state index is 0.0474. The lowest BCUT2D eigenvalue weighted by atomic mass is 9.79. The van der Waals surface area contributed by atoms with Gasteiger partial charge in [0.05, 0.1) is 29.8 Å². The minimum atomic E-state index is -1.36. The maximum Gasteiger partial charge on any atom is 0.170 e. The van der Waals surface area contributed by atoms with Crippen molar-refractivity contribution in [3.8, 4) is 0 Å². The van der Waals surface area contributed by atoms with E-state index in [1.54, 1.807) is 6.08 Å². The second kappa shape index (κ2) is 15.1. The number of allylic oxidation sites excluding steroid dienone is 8. The van der Waals surface area contributed by atoms with E-state index in [0.29, 0.717) is 49.3 Å². The van der Waals surface area contributed by atoms with Crippen molar-refractivity contribution in [3.63, 3.8) is 0 Å². The van der Waals surface area contributed by atoms with Crippen LogP contribution < -0.4 is 0 Å². The van der Waals surface area contributed by atoms with Crippen LogP contribution in [0.5, 0.6) is 0 Å². The standard InChI is InChI=1S/C28H42ClNO4S/c1-6-22(27-14-13-25(34-9-4)16-20(27)5)18-26(8-3)35(33)30-19-21(10-15-28(31)32)17-24(30)12-11-23(29)7-2/h6-8,11,16,18,20-21,24,27-28,31-32H,1-2,9-10,12-15,17,19H2,3-5H3/b22-18+,23-11+,26-8+. The van der Waals surface area contributed by atoms with Gasteiger partial charge in [-0.3, -0.25) is 0 Å². The molecule has 7 heteroatoms. The van der Waals surface area contributed by atoms with Crippen LogP contribution in [-0.4, -0.2) is 44.6 Å². The Morgan fingerprint density at radius 1 is 1.37 bits per heavy atom. The average molecular weight is 524 g/mol. The van der Waals surface area contributed by atoms with Crippen molar-refractivity contribution in [2.24, 2.45) is 17.8 Å². The first-order valence-electron chi connectivity index (χ1n) is 12.6. The molecule has 1 heterocycles. The lowest BCUT2D eigenvalue weighted by Gasteiger charge is -2.30. The van der Waals surface area contributed by atoms with Crippen LogP contribution in [-0.2, 0) is 16.1 Å². The summed E-state index contributed by atoms with van der Waals surface area (Å²) in [7, 11) is 0. The largest absolute Gasteiger partial charge is 0.593 e. The van der Waals surface area contributed by atoms with E-state index in [9.17, 15) is 14.8 Å². The van der Waals surface area contributed by atoms with E-state index in [4.69, 9.17) is 16.3 Å². The summed E-state index contributed by atoms with van der Waals surface area (Å²) in [4.78, 5) is 0.762. The van der Waals surface area contributed by atoms with Gasteiger partial charge in [0.1, 0.15) is 0 Å².